The lowest BCUT2D eigenvalue weighted by atomic mass is 10.0. The molecule has 0 saturated carbocycles. The van der Waals surface area contributed by atoms with E-state index < -0.39 is 12.0 Å². The summed E-state index contributed by atoms with van der Waals surface area (Å²) in [6, 6.07) is -0.692. The Morgan fingerprint density at radius 1 is 1.33 bits per heavy atom. The highest BCUT2D eigenvalue weighted by Crippen LogP contribution is 2.28. The van der Waals surface area contributed by atoms with Crippen molar-refractivity contribution in [1.82, 2.24) is 19.4 Å². The molecule has 21 heavy (non-hydrogen) atoms. The fourth-order valence-electron chi connectivity index (χ4n) is 2.71. The maximum Gasteiger partial charge on any atom is 0.327 e. The molecule has 6 nitrogen and oxygen atoms in total. The van der Waals surface area contributed by atoms with E-state index in [1.54, 1.807) is 10.9 Å². The van der Waals surface area contributed by atoms with Crippen LogP contribution in [-0.2, 0) is 11.8 Å². The zero-order valence-electron chi connectivity index (χ0n) is 13.0. The van der Waals surface area contributed by atoms with E-state index in [9.17, 15) is 9.90 Å². The average Bonchev–Trinajstić information content (AvgIpc) is 2.71. The maximum absolute atomic E-state index is 11.7. The summed E-state index contributed by atoms with van der Waals surface area (Å²) >= 11 is 3.43. The first-order valence-corrected chi connectivity index (χ1v) is 7.89. The smallest absolute Gasteiger partial charge is 0.327 e. The Hall–Kier alpha value is -0.920. The van der Waals surface area contributed by atoms with Crippen LogP contribution >= 0.6 is 15.9 Å². The molecule has 7 heteroatoms. The van der Waals surface area contributed by atoms with E-state index in [4.69, 9.17) is 0 Å². The SMILES string of the molecule is Cn1cnc(C(C(=O)O)N2CCN(C(C)(C)C)CC2)c1Br. The van der Waals surface area contributed by atoms with Gasteiger partial charge in [-0.1, -0.05) is 0 Å². The molecule has 1 unspecified atom stereocenters. The van der Waals surface area contributed by atoms with Crippen molar-refractivity contribution >= 4 is 21.9 Å². The lowest BCUT2D eigenvalue weighted by Gasteiger charge is -2.43. The van der Waals surface area contributed by atoms with Gasteiger partial charge in [-0.15, -0.1) is 0 Å². The van der Waals surface area contributed by atoms with E-state index >= 15 is 0 Å². The lowest BCUT2D eigenvalue weighted by Crippen LogP contribution is -2.54. The van der Waals surface area contributed by atoms with Gasteiger partial charge in [-0.25, -0.2) is 4.98 Å². The van der Waals surface area contributed by atoms with Gasteiger partial charge in [0.1, 0.15) is 10.3 Å². The molecule has 0 amide bonds. The number of carbonyl (C=O) groups is 1. The van der Waals surface area contributed by atoms with E-state index in [1.165, 1.54) is 0 Å². The molecule has 1 fully saturated rings. The normalized spacial score (nSPS) is 19.7. The minimum atomic E-state index is -0.849. The minimum Gasteiger partial charge on any atom is -0.480 e. The third-order valence-corrected chi connectivity index (χ3v) is 4.98. The lowest BCUT2D eigenvalue weighted by molar-refractivity contribution is -0.144. The quantitative estimate of drug-likeness (QED) is 0.891. The van der Waals surface area contributed by atoms with Crippen molar-refractivity contribution in [1.29, 1.82) is 0 Å². The van der Waals surface area contributed by atoms with Crippen LogP contribution in [0.4, 0.5) is 0 Å². The van der Waals surface area contributed by atoms with Gasteiger partial charge in [0, 0.05) is 38.8 Å². The van der Waals surface area contributed by atoms with Crippen molar-refractivity contribution in [2.75, 3.05) is 26.2 Å². The van der Waals surface area contributed by atoms with Crippen molar-refractivity contribution in [3.8, 4) is 0 Å². The minimum absolute atomic E-state index is 0.121. The number of aromatic nitrogens is 2. The molecule has 0 bridgehead atoms. The Morgan fingerprint density at radius 3 is 2.29 bits per heavy atom. The predicted molar refractivity (Wildman–Crippen MR) is 84.2 cm³/mol. The van der Waals surface area contributed by atoms with Crippen molar-refractivity contribution in [3.05, 3.63) is 16.6 Å². The Kier molecular flexibility index (Phi) is 4.75. The highest BCUT2D eigenvalue weighted by atomic mass is 79.9. The van der Waals surface area contributed by atoms with Crippen LogP contribution in [0.5, 0.6) is 0 Å². The van der Waals surface area contributed by atoms with Gasteiger partial charge < -0.3 is 9.67 Å². The van der Waals surface area contributed by atoms with Gasteiger partial charge in [0.05, 0.1) is 6.33 Å². The van der Waals surface area contributed by atoms with Gasteiger partial charge in [-0.3, -0.25) is 14.6 Å². The van der Waals surface area contributed by atoms with E-state index in [1.807, 2.05) is 11.9 Å². The van der Waals surface area contributed by atoms with Crippen molar-refractivity contribution in [2.45, 2.75) is 32.4 Å². The number of imidazole rings is 1. The van der Waals surface area contributed by atoms with Gasteiger partial charge in [0.2, 0.25) is 0 Å². The summed E-state index contributed by atoms with van der Waals surface area (Å²) < 4.78 is 2.52. The Labute approximate surface area is 133 Å². The van der Waals surface area contributed by atoms with Crippen molar-refractivity contribution < 1.29 is 9.90 Å². The molecule has 2 rings (SSSR count). The Bertz CT molecular complexity index is 516. The fourth-order valence-corrected chi connectivity index (χ4v) is 3.12. The number of carboxylic acid groups (broad SMARTS) is 1. The molecule has 1 aromatic heterocycles. The zero-order chi connectivity index (χ0) is 15.8. The van der Waals surface area contributed by atoms with Crippen LogP contribution in [0.2, 0.25) is 0 Å². The fraction of sp³-hybridized carbons (Fsp3) is 0.714. The van der Waals surface area contributed by atoms with E-state index in [0.29, 0.717) is 5.69 Å². The topological polar surface area (TPSA) is 61.6 Å². The summed E-state index contributed by atoms with van der Waals surface area (Å²) in [5.41, 5.74) is 0.699. The number of nitrogens with zero attached hydrogens (tertiary/aromatic N) is 4. The summed E-state index contributed by atoms with van der Waals surface area (Å²) in [5.74, 6) is -0.849. The molecular weight excluding hydrogens is 336 g/mol. The van der Waals surface area contributed by atoms with Crippen LogP contribution in [0.25, 0.3) is 0 Å². The van der Waals surface area contributed by atoms with Crippen molar-refractivity contribution in [3.63, 3.8) is 0 Å². The summed E-state index contributed by atoms with van der Waals surface area (Å²) in [5, 5.41) is 9.61. The molecule has 1 aliphatic rings. The van der Waals surface area contributed by atoms with Crippen LogP contribution in [0.1, 0.15) is 32.5 Å². The molecule has 1 aromatic rings. The first-order valence-electron chi connectivity index (χ1n) is 7.10. The first-order chi connectivity index (χ1) is 9.71. The highest BCUT2D eigenvalue weighted by Gasteiger charge is 2.35. The van der Waals surface area contributed by atoms with Crippen molar-refractivity contribution in [2.24, 2.45) is 7.05 Å². The standard InChI is InChI=1S/C14H23BrN4O2/c1-14(2,3)19-7-5-18(6-8-19)11(13(20)21)10-12(15)17(4)9-16-10/h9,11H,5-8H2,1-4H3,(H,20,21). The van der Waals surface area contributed by atoms with Crippen LogP contribution in [0.15, 0.2) is 10.9 Å². The van der Waals surface area contributed by atoms with Gasteiger partial charge in [0.25, 0.3) is 0 Å². The summed E-state index contributed by atoms with van der Waals surface area (Å²) in [7, 11) is 1.84. The molecule has 0 aliphatic carbocycles. The second kappa shape index (κ2) is 6.06. The molecule has 1 saturated heterocycles. The van der Waals surface area contributed by atoms with Crippen LogP contribution < -0.4 is 0 Å². The highest BCUT2D eigenvalue weighted by molar-refractivity contribution is 9.10. The number of rotatable bonds is 3. The molecule has 1 aliphatic heterocycles. The van der Waals surface area contributed by atoms with Gasteiger partial charge >= 0.3 is 5.97 Å². The van der Waals surface area contributed by atoms with E-state index in [2.05, 4.69) is 46.6 Å². The number of carboxylic acids is 1. The third kappa shape index (κ3) is 3.46. The average molecular weight is 359 g/mol. The Balaban J connectivity index is 2.15. The first kappa shape index (κ1) is 16.5. The largest absolute Gasteiger partial charge is 0.480 e. The number of piperazine rings is 1. The zero-order valence-corrected chi connectivity index (χ0v) is 14.6. The molecule has 118 valence electrons. The molecule has 1 N–H and O–H groups in total. The number of hydrogen-bond acceptors (Lipinski definition) is 4. The summed E-state index contributed by atoms with van der Waals surface area (Å²) in [6.45, 7) is 9.77. The predicted octanol–water partition coefficient (Wildman–Crippen LogP) is 1.72. The van der Waals surface area contributed by atoms with Crippen LogP contribution in [-0.4, -0.2) is 62.1 Å². The molecule has 0 radical (unpaired) electrons. The third-order valence-electron chi connectivity index (χ3n) is 4.01. The Morgan fingerprint density at radius 2 is 1.90 bits per heavy atom. The van der Waals surface area contributed by atoms with Crippen LogP contribution in [0.3, 0.4) is 0 Å². The van der Waals surface area contributed by atoms with E-state index in [0.717, 1.165) is 30.8 Å². The monoisotopic (exact) mass is 358 g/mol. The molecule has 2 heterocycles. The number of hydrogen-bond donors (Lipinski definition) is 1. The summed E-state index contributed by atoms with van der Waals surface area (Å²) in [4.78, 5) is 20.4. The second-order valence-electron chi connectivity index (χ2n) is 6.47. The second-order valence-corrected chi connectivity index (χ2v) is 7.22. The molecule has 0 aromatic carbocycles. The number of aryl methyl sites for hydroxylation is 1. The van der Waals surface area contributed by atoms with Gasteiger partial charge in [0.15, 0.2) is 6.04 Å². The van der Waals surface area contributed by atoms with Gasteiger partial charge in [-0.05, 0) is 36.7 Å². The van der Waals surface area contributed by atoms with Crippen LogP contribution in [0, 0.1) is 0 Å². The van der Waals surface area contributed by atoms with E-state index in [-0.39, 0.29) is 5.54 Å². The molecule has 1 atom stereocenters. The molecule has 0 spiro atoms. The number of aliphatic carboxylic acids is 1. The number of halogens is 1. The van der Waals surface area contributed by atoms with Gasteiger partial charge in [-0.2, -0.15) is 0 Å². The maximum atomic E-state index is 11.7. The molecular formula is C14H23BrN4O2. The summed E-state index contributed by atoms with van der Waals surface area (Å²) in [6.07, 6.45) is 1.64.